The average molecular weight is 302 g/mol. The van der Waals surface area contributed by atoms with Gasteiger partial charge in [0, 0.05) is 10.9 Å². The molecule has 2 aromatic heterocycles. The number of nitrogens with zero attached hydrogens (tertiary/aromatic N) is 3. The van der Waals surface area contributed by atoms with Crippen LogP contribution in [-0.4, -0.2) is 15.0 Å². The molecule has 4 rings (SSSR count). The van der Waals surface area contributed by atoms with Crippen LogP contribution in [0.3, 0.4) is 0 Å². The highest BCUT2D eigenvalue weighted by Crippen LogP contribution is 2.19. The minimum absolute atomic E-state index is 0.0610. The van der Waals surface area contributed by atoms with Gasteiger partial charge in [0.15, 0.2) is 0 Å². The molecule has 1 N–H and O–H groups in total. The highest BCUT2D eigenvalue weighted by molar-refractivity contribution is 5.78. The molecule has 0 aliphatic heterocycles. The van der Waals surface area contributed by atoms with Crippen molar-refractivity contribution in [2.45, 2.75) is 6.92 Å². The fourth-order valence-electron chi connectivity index (χ4n) is 2.54. The van der Waals surface area contributed by atoms with Crippen molar-refractivity contribution in [1.29, 1.82) is 5.41 Å². The molecule has 0 amide bonds. The van der Waals surface area contributed by atoms with Gasteiger partial charge in [-0.1, -0.05) is 47.2 Å². The number of benzene rings is 2. The van der Waals surface area contributed by atoms with Crippen molar-refractivity contribution in [3.63, 3.8) is 0 Å². The van der Waals surface area contributed by atoms with E-state index in [-0.39, 0.29) is 5.55 Å². The Balaban J connectivity index is 1.85. The van der Waals surface area contributed by atoms with Gasteiger partial charge in [0.2, 0.25) is 5.55 Å². The summed E-state index contributed by atoms with van der Waals surface area (Å²) >= 11 is 0. The lowest BCUT2D eigenvalue weighted by atomic mass is 10.1. The molecule has 5 nitrogen and oxygen atoms in total. The smallest absolute Gasteiger partial charge is 0.238 e. The quantitative estimate of drug-likeness (QED) is 0.616. The fourth-order valence-corrected chi connectivity index (χ4v) is 2.54. The lowest BCUT2D eigenvalue weighted by Gasteiger charge is -2.03. The molecule has 0 atom stereocenters. The molecule has 4 aromatic rings. The molecular weight excluding hydrogens is 288 g/mol. The lowest BCUT2D eigenvalue weighted by Crippen LogP contribution is -2.11. The summed E-state index contributed by atoms with van der Waals surface area (Å²) in [5.41, 5.74) is 4.20. The molecule has 2 heterocycles. The third kappa shape index (κ3) is 2.42. The average Bonchev–Trinajstić information content (AvgIpc) is 3.05. The standard InChI is InChI=1S/C18H14N4O/c1-12-7-8-17-14(9-12)10-16(18(19)23-17)22-11-15(20-21-22)13-5-3-2-4-6-13/h2-11,19H,1H3. The van der Waals surface area contributed by atoms with Crippen LogP contribution in [0.4, 0.5) is 0 Å². The number of hydrogen-bond donors (Lipinski definition) is 1. The van der Waals surface area contributed by atoms with Gasteiger partial charge >= 0.3 is 0 Å². The molecular formula is C18H14N4O. The van der Waals surface area contributed by atoms with E-state index in [1.54, 1.807) is 10.9 Å². The van der Waals surface area contributed by atoms with Crippen LogP contribution in [0.2, 0.25) is 0 Å². The summed E-state index contributed by atoms with van der Waals surface area (Å²) in [6.45, 7) is 2.02. The SMILES string of the molecule is Cc1ccc2oc(=N)c(-n3cc(-c4ccccc4)nn3)cc2c1. The van der Waals surface area contributed by atoms with Gasteiger partial charge in [0.25, 0.3) is 0 Å². The first-order valence-electron chi connectivity index (χ1n) is 7.28. The summed E-state index contributed by atoms with van der Waals surface area (Å²) in [6.07, 6.45) is 1.81. The Morgan fingerprint density at radius 3 is 2.70 bits per heavy atom. The van der Waals surface area contributed by atoms with E-state index in [2.05, 4.69) is 10.3 Å². The van der Waals surface area contributed by atoms with Gasteiger partial charge in [-0.05, 0) is 25.1 Å². The molecule has 0 bridgehead atoms. The second-order valence-electron chi connectivity index (χ2n) is 5.42. The maximum atomic E-state index is 8.10. The molecule has 0 saturated carbocycles. The van der Waals surface area contributed by atoms with Gasteiger partial charge in [-0.25, -0.2) is 4.68 Å². The normalized spacial score (nSPS) is 11.0. The summed E-state index contributed by atoms with van der Waals surface area (Å²) in [6, 6.07) is 17.6. The molecule has 23 heavy (non-hydrogen) atoms. The largest absolute Gasteiger partial charge is 0.437 e. The third-order valence-corrected chi connectivity index (χ3v) is 3.71. The molecule has 0 fully saturated rings. The van der Waals surface area contributed by atoms with Gasteiger partial charge < -0.3 is 4.42 Å². The summed E-state index contributed by atoms with van der Waals surface area (Å²) in [5.74, 6) is 0. The molecule has 0 unspecified atom stereocenters. The van der Waals surface area contributed by atoms with Crippen molar-refractivity contribution in [3.8, 4) is 16.9 Å². The van der Waals surface area contributed by atoms with Crippen molar-refractivity contribution < 1.29 is 4.42 Å². The zero-order valence-corrected chi connectivity index (χ0v) is 12.5. The zero-order valence-electron chi connectivity index (χ0n) is 12.5. The van der Waals surface area contributed by atoms with Gasteiger partial charge in [-0.3, -0.25) is 5.41 Å². The second-order valence-corrected chi connectivity index (χ2v) is 5.42. The predicted octanol–water partition coefficient (Wildman–Crippen LogP) is 3.47. The van der Waals surface area contributed by atoms with Gasteiger partial charge in [-0.15, -0.1) is 5.10 Å². The van der Waals surface area contributed by atoms with Crippen molar-refractivity contribution in [2.24, 2.45) is 0 Å². The second kappa shape index (κ2) is 5.21. The molecule has 0 spiro atoms. The van der Waals surface area contributed by atoms with Gasteiger partial charge in [-0.2, -0.15) is 0 Å². The topological polar surface area (TPSA) is 67.7 Å². The Hall–Kier alpha value is -3.21. The number of fused-ring (bicyclic) bond motifs is 1. The zero-order chi connectivity index (χ0) is 15.8. The Labute approximate surface area is 132 Å². The first-order valence-corrected chi connectivity index (χ1v) is 7.28. The van der Waals surface area contributed by atoms with Crippen molar-refractivity contribution in [2.75, 3.05) is 0 Å². The number of aromatic nitrogens is 3. The van der Waals surface area contributed by atoms with E-state index in [1.165, 1.54) is 0 Å². The van der Waals surface area contributed by atoms with Crippen LogP contribution in [0.1, 0.15) is 5.56 Å². The number of hydrogen-bond acceptors (Lipinski definition) is 4. The fraction of sp³-hybridized carbons (Fsp3) is 0.0556. The number of rotatable bonds is 2. The number of nitrogens with one attached hydrogen (secondary N) is 1. The Morgan fingerprint density at radius 2 is 1.87 bits per heavy atom. The summed E-state index contributed by atoms with van der Waals surface area (Å²) in [7, 11) is 0. The van der Waals surface area contributed by atoms with Crippen LogP contribution < -0.4 is 5.55 Å². The van der Waals surface area contributed by atoms with E-state index < -0.39 is 0 Å². The summed E-state index contributed by atoms with van der Waals surface area (Å²) in [5, 5.41) is 17.4. The van der Waals surface area contributed by atoms with Crippen molar-refractivity contribution in [3.05, 3.63) is 71.9 Å². The maximum Gasteiger partial charge on any atom is 0.238 e. The Morgan fingerprint density at radius 1 is 1.04 bits per heavy atom. The Kier molecular flexibility index (Phi) is 3.05. The highest BCUT2D eigenvalue weighted by Gasteiger charge is 2.09. The Bertz CT molecular complexity index is 1050. The lowest BCUT2D eigenvalue weighted by molar-refractivity contribution is 0.523. The van der Waals surface area contributed by atoms with Crippen LogP contribution in [-0.2, 0) is 0 Å². The molecule has 0 radical (unpaired) electrons. The summed E-state index contributed by atoms with van der Waals surface area (Å²) < 4.78 is 7.17. The molecule has 0 aliphatic carbocycles. The van der Waals surface area contributed by atoms with Crippen molar-refractivity contribution in [1.82, 2.24) is 15.0 Å². The molecule has 0 saturated heterocycles. The third-order valence-electron chi connectivity index (χ3n) is 3.71. The van der Waals surface area contributed by atoms with Crippen molar-refractivity contribution >= 4 is 11.0 Å². The molecule has 0 aliphatic rings. The minimum Gasteiger partial charge on any atom is -0.437 e. The molecule has 112 valence electrons. The first kappa shape index (κ1) is 13.5. The van der Waals surface area contributed by atoms with E-state index >= 15 is 0 Å². The van der Waals surface area contributed by atoms with E-state index in [9.17, 15) is 0 Å². The van der Waals surface area contributed by atoms with E-state index in [4.69, 9.17) is 9.83 Å². The van der Waals surface area contributed by atoms with Gasteiger partial charge in [0.05, 0.1) is 6.20 Å². The van der Waals surface area contributed by atoms with Crippen LogP contribution >= 0.6 is 0 Å². The minimum atomic E-state index is 0.0610. The molecule has 2 aromatic carbocycles. The van der Waals surface area contributed by atoms with E-state index in [0.717, 1.165) is 22.2 Å². The van der Waals surface area contributed by atoms with Crippen LogP contribution in [0.15, 0.2) is 65.2 Å². The highest BCUT2D eigenvalue weighted by atomic mass is 16.3. The maximum absolute atomic E-state index is 8.10. The van der Waals surface area contributed by atoms with Crippen LogP contribution in [0.5, 0.6) is 0 Å². The first-order chi connectivity index (χ1) is 11.2. The van der Waals surface area contributed by atoms with Crippen LogP contribution in [0.25, 0.3) is 27.9 Å². The van der Waals surface area contributed by atoms with Gasteiger partial charge in [0.1, 0.15) is 17.0 Å². The van der Waals surface area contributed by atoms with E-state index in [0.29, 0.717) is 11.3 Å². The summed E-state index contributed by atoms with van der Waals surface area (Å²) in [4.78, 5) is 0. The monoisotopic (exact) mass is 302 g/mol. The van der Waals surface area contributed by atoms with Crippen LogP contribution in [0, 0.1) is 12.3 Å². The predicted molar refractivity (Wildman–Crippen MR) is 87.2 cm³/mol. The van der Waals surface area contributed by atoms with E-state index in [1.807, 2.05) is 61.5 Å². The number of aryl methyl sites for hydroxylation is 1. The molecule has 5 heteroatoms.